The van der Waals surface area contributed by atoms with Crippen LogP contribution in [0.3, 0.4) is 0 Å². The first-order valence-corrected chi connectivity index (χ1v) is 11.2. The Hall–Kier alpha value is -2.44. The second-order valence-electron chi connectivity index (χ2n) is 9.14. The third-order valence-corrected chi connectivity index (χ3v) is 6.71. The maximum absolute atomic E-state index is 11.8. The van der Waals surface area contributed by atoms with Crippen molar-refractivity contribution in [2.75, 3.05) is 0 Å². The molecule has 0 bridgehead atoms. The van der Waals surface area contributed by atoms with E-state index in [1.54, 1.807) is 13.8 Å². The average Bonchev–Trinajstić information content (AvgIpc) is 3.31. The molecule has 3 N–H and O–H groups in total. The lowest BCUT2D eigenvalue weighted by molar-refractivity contribution is -0.156. The van der Waals surface area contributed by atoms with E-state index in [0.717, 1.165) is 19.3 Å². The second kappa shape index (κ2) is 10.7. The van der Waals surface area contributed by atoms with Crippen LogP contribution in [-0.4, -0.2) is 26.7 Å². The summed E-state index contributed by atoms with van der Waals surface area (Å²) in [6.45, 7) is 3.33. The van der Waals surface area contributed by atoms with Gasteiger partial charge in [0.05, 0.1) is 23.9 Å². The number of allylic oxidation sites excluding steroid dienone is 1. The highest BCUT2D eigenvalue weighted by Gasteiger charge is 2.37. The highest BCUT2D eigenvalue weighted by molar-refractivity contribution is 5.74. The van der Waals surface area contributed by atoms with E-state index in [1.807, 2.05) is 24.8 Å². The van der Waals surface area contributed by atoms with Gasteiger partial charge in [0.1, 0.15) is 0 Å². The van der Waals surface area contributed by atoms with Crippen LogP contribution in [0.4, 0.5) is 0 Å². The van der Waals surface area contributed by atoms with Gasteiger partial charge >= 0.3 is 5.97 Å². The number of imidazole rings is 1. The topological polar surface area (TPSA) is 90.4 Å². The van der Waals surface area contributed by atoms with Crippen LogP contribution in [0.15, 0.2) is 60.7 Å². The first-order chi connectivity index (χ1) is 14.9. The van der Waals surface area contributed by atoms with Crippen LogP contribution in [0.2, 0.25) is 0 Å². The monoisotopic (exact) mass is 425 g/mol. The Morgan fingerprint density at radius 2 is 2.00 bits per heavy atom. The zero-order valence-corrected chi connectivity index (χ0v) is 18.6. The summed E-state index contributed by atoms with van der Waals surface area (Å²) in [5.41, 5.74) is 1.53. The van der Waals surface area contributed by atoms with Gasteiger partial charge in [-0.15, -0.1) is 0 Å². The summed E-state index contributed by atoms with van der Waals surface area (Å²) in [5, 5.41) is 9.64. The molecule has 1 aromatic heterocycles. The van der Waals surface area contributed by atoms with Gasteiger partial charge in [-0.25, -0.2) is 10.9 Å². The van der Waals surface area contributed by atoms with Gasteiger partial charge in [0.25, 0.3) is 0 Å². The molecule has 0 aliphatic heterocycles. The number of rotatable bonds is 10. The van der Waals surface area contributed by atoms with E-state index in [4.69, 9.17) is 10.7 Å². The number of carboxylic acids is 1. The van der Waals surface area contributed by atoms with Crippen molar-refractivity contribution >= 4 is 5.97 Å². The van der Waals surface area contributed by atoms with Gasteiger partial charge in [-0.3, -0.25) is 9.63 Å². The van der Waals surface area contributed by atoms with E-state index in [1.165, 1.54) is 30.4 Å². The molecule has 2 atom stereocenters. The minimum Gasteiger partial charge on any atom is -0.481 e. The summed E-state index contributed by atoms with van der Waals surface area (Å²) in [5.74, 6) is 5.11. The standard InChI is InChI=1S/C25H35N3O3/c1-25(2,24(29)30)23(31-26)14-13-21(20-11-7-4-8-12-20)22(28-16-15-27-18-28)17-19-9-5-3-6-10-19/h3,5-6,9-10,13,15-16,18,20,22-23H,4,7-8,11-12,14,17,26H2,1-2H3,(H,29,30). The fourth-order valence-electron chi connectivity index (χ4n) is 4.60. The zero-order valence-electron chi connectivity index (χ0n) is 18.6. The second-order valence-corrected chi connectivity index (χ2v) is 9.14. The van der Waals surface area contributed by atoms with Gasteiger partial charge in [-0.2, -0.15) is 0 Å². The molecule has 31 heavy (non-hydrogen) atoms. The van der Waals surface area contributed by atoms with Gasteiger partial charge < -0.3 is 9.67 Å². The summed E-state index contributed by atoms with van der Waals surface area (Å²) in [4.78, 5) is 21.2. The molecule has 1 aliphatic rings. The Morgan fingerprint density at radius 1 is 1.29 bits per heavy atom. The molecule has 3 rings (SSSR count). The zero-order chi connectivity index (χ0) is 22.3. The number of aliphatic carboxylic acids is 1. The molecule has 1 aromatic carbocycles. The summed E-state index contributed by atoms with van der Waals surface area (Å²) < 4.78 is 2.17. The molecular weight excluding hydrogens is 390 g/mol. The maximum Gasteiger partial charge on any atom is 0.311 e. The van der Waals surface area contributed by atoms with E-state index in [-0.39, 0.29) is 6.04 Å². The van der Waals surface area contributed by atoms with Crippen LogP contribution in [0.5, 0.6) is 0 Å². The maximum atomic E-state index is 11.8. The average molecular weight is 426 g/mol. The van der Waals surface area contributed by atoms with Gasteiger partial charge in [0, 0.05) is 12.4 Å². The smallest absolute Gasteiger partial charge is 0.311 e. The molecule has 0 spiro atoms. The van der Waals surface area contributed by atoms with E-state index in [2.05, 4.69) is 39.9 Å². The minimum absolute atomic E-state index is 0.124. The molecule has 0 amide bonds. The Morgan fingerprint density at radius 3 is 2.58 bits per heavy atom. The third-order valence-electron chi connectivity index (χ3n) is 6.71. The number of hydrogen-bond donors (Lipinski definition) is 2. The fraction of sp³-hybridized carbons (Fsp3) is 0.520. The quantitative estimate of drug-likeness (QED) is 0.416. The molecule has 1 heterocycles. The Kier molecular flexibility index (Phi) is 8.04. The van der Waals surface area contributed by atoms with Crippen molar-refractivity contribution < 1.29 is 14.7 Å². The molecule has 1 saturated carbocycles. The summed E-state index contributed by atoms with van der Waals surface area (Å²) in [6, 6.07) is 10.6. The Bertz CT molecular complexity index is 840. The Balaban J connectivity index is 1.96. The van der Waals surface area contributed by atoms with Crippen molar-refractivity contribution in [2.45, 2.75) is 70.9 Å². The van der Waals surface area contributed by atoms with E-state index >= 15 is 0 Å². The SMILES string of the molecule is CC(C)(C(=O)O)C(CC=C(C1CCCCC1)C(Cc1ccccc1)n1ccnc1)ON. The Labute approximate surface area is 185 Å². The van der Waals surface area contributed by atoms with Crippen LogP contribution in [0.1, 0.15) is 64.0 Å². The number of nitrogens with two attached hydrogens (primary N) is 1. The summed E-state index contributed by atoms with van der Waals surface area (Å²) >= 11 is 0. The van der Waals surface area contributed by atoms with Crippen LogP contribution < -0.4 is 5.90 Å². The van der Waals surface area contributed by atoms with Gasteiger partial charge in [-0.1, -0.05) is 55.7 Å². The van der Waals surface area contributed by atoms with Crippen molar-refractivity contribution in [3.63, 3.8) is 0 Å². The number of hydrogen-bond acceptors (Lipinski definition) is 4. The lowest BCUT2D eigenvalue weighted by Crippen LogP contribution is -2.40. The fourth-order valence-corrected chi connectivity index (χ4v) is 4.60. The van der Waals surface area contributed by atoms with Crippen molar-refractivity contribution in [1.29, 1.82) is 0 Å². The largest absolute Gasteiger partial charge is 0.481 e. The van der Waals surface area contributed by atoms with Crippen LogP contribution in [-0.2, 0) is 16.1 Å². The highest BCUT2D eigenvalue weighted by Crippen LogP contribution is 2.38. The lowest BCUT2D eigenvalue weighted by Gasteiger charge is -2.33. The summed E-state index contributed by atoms with van der Waals surface area (Å²) in [7, 11) is 0. The van der Waals surface area contributed by atoms with Crippen molar-refractivity contribution in [1.82, 2.24) is 9.55 Å². The first kappa shape index (κ1) is 23.2. The van der Waals surface area contributed by atoms with E-state index in [9.17, 15) is 9.90 Å². The number of nitrogens with zero attached hydrogens (tertiary/aromatic N) is 2. The van der Waals surface area contributed by atoms with Crippen LogP contribution >= 0.6 is 0 Å². The molecule has 2 unspecified atom stereocenters. The molecule has 1 aliphatic carbocycles. The van der Waals surface area contributed by atoms with E-state index < -0.39 is 17.5 Å². The number of aromatic nitrogens is 2. The van der Waals surface area contributed by atoms with Crippen molar-refractivity contribution in [2.24, 2.45) is 17.2 Å². The number of carbonyl (C=O) groups is 1. The van der Waals surface area contributed by atoms with Crippen molar-refractivity contribution in [3.05, 3.63) is 66.3 Å². The molecule has 6 heteroatoms. The van der Waals surface area contributed by atoms with Crippen LogP contribution in [0, 0.1) is 11.3 Å². The third kappa shape index (κ3) is 5.83. The summed E-state index contributed by atoms with van der Waals surface area (Å²) in [6.07, 6.45) is 14.7. The molecule has 1 fully saturated rings. The van der Waals surface area contributed by atoms with Gasteiger partial charge in [0.2, 0.25) is 0 Å². The van der Waals surface area contributed by atoms with Gasteiger partial charge in [0.15, 0.2) is 0 Å². The van der Waals surface area contributed by atoms with Gasteiger partial charge in [-0.05, 0) is 56.6 Å². The first-order valence-electron chi connectivity index (χ1n) is 11.2. The normalized spacial score (nSPS) is 18.0. The predicted octanol–water partition coefficient (Wildman–Crippen LogP) is 4.93. The molecule has 0 saturated heterocycles. The predicted molar refractivity (Wildman–Crippen MR) is 121 cm³/mol. The number of benzene rings is 1. The highest BCUT2D eigenvalue weighted by atomic mass is 16.6. The number of carboxylic acid groups (broad SMARTS) is 1. The molecule has 2 aromatic rings. The molecule has 0 radical (unpaired) electrons. The molecule has 6 nitrogen and oxygen atoms in total. The van der Waals surface area contributed by atoms with Crippen LogP contribution in [0.25, 0.3) is 0 Å². The van der Waals surface area contributed by atoms with Crippen molar-refractivity contribution in [3.8, 4) is 0 Å². The molecular formula is C25H35N3O3. The molecule has 168 valence electrons. The lowest BCUT2D eigenvalue weighted by atomic mass is 9.77. The van der Waals surface area contributed by atoms with E-state index in [0.29, 0.717) is 12.3 Å². The minimum atomic E-state index is -1.08.